The fraction of sp³-hybridized carbons (Fsp3) is 0.206. The van der Waals surface area contributed by atoms with Crippen molar-refractivity contribution in [1.82, 2.24) is 37.9 Å². The van der Waals surface area contributed by atoms with Crippen LogP contribution in [0.25, 0.3) is 90.9 Å². The van der Waals surface area contributed by atoms with Gasteiger partial charge in [0, 0.05) is 44.3 Å². The summed E-state index contributed by atoms with van der Waals surface area (Å²) in [5.41, 5.74) is 21.9. The van der Waals surface area contributed by atoms with Gasteiger partial charge in [-0.15, -0.1) is 0 Å². The molecular weight excluding hydrogens is 1170 g/mol. The number of aryl methyl sites for hydroxylation is 1. The minimum absolute atomic E-state index is 0. The van der Waals surface area contributed by atoms with Crippen LogP contribution >= 0.6 is 0 Å². The van der Waals surface area contributed by atoms with Gasteiger partial charge in [-0.3, -0.25) is 22.5 Å². The Morgan fingerprint density at radius 1 is 0.342 bits per heavy atom. The third-order valence-corrected chi connectivity index (χ3v) is 14.7. The van der Waals surface area contributed by atoms with Crippen LogP contribution in [0.3, 0.4) is 0 Å². The van der Waals surface area contributed by atoms with E-state index in [0.29, 0.717) is 0 Å². The predicted molar refractivity (Wildman–Crippen MR) is 320 cm³/mol. The molecule has 8 bridgehead atoms. The van der Waals surface area contributed by atoms with Crippen molar-refractivity contribution in [3.8, 4) is 44.5 Å². The third kappa shape index (κ3) is 14.4. The zero-order valence-corrected chi connectivity index (χ0v) is 52.2. The van der Waals surface area contributed by atoms with Gasteiger partial charge in [-0.2, -0.15) is 8.42 Å². The van der Waals surface area contributed by atoms with Crippen molar-refractivity contribution in [1.29, 1.82) is 0 Å². The Balaban J connectivity index is 0.000000686. The molecule has 5 heterocycles. The summed E-state index contributed by atoms with van der Waals surface area (Å²) >= 11 is 0. The number of nitrogens with one attached hydrogen (secondary N) is 2. The second-order valence-corrected chi connectivity index (χ2v) is 24.4. The van der Waals surface area contributed by atoms with Crippen molar-refractivity contribution < 1.29 is 81.2 Å². The van der Waals surface area contributed by atoms with Crippen molar-refractivity contribution in [3.63, 3.8) is 0 Å². The summed E-state index contributed by atoms with van der Waals surface area (Å²) in [6.07, 6.45) is 8.69. The van der Waals surface area contributed by atoms with Gasteiger partial charge in [-0.1, -0.05) is 17.7 Å². The van der Waals surface area contributed by atoms with E-state index in [4.69, 9.17) is 14.5 Å². The van der Waals surface area contributed by atoms with Gasteiger partial charge in [0.05, 0.1) is 112 Å². The Labute approximate surface area is 509 Å². The van der Waals surface area contributed by atoms with Gasteiger partial charge in [0.2, 0.25) is 0 Å². The maximum absolute atomic E-state index is 10.5. The number of hydrogen-bond donors (Lipinski definition) is 3. The molecule has 10 rings (SSSR count). The summed E-state index contributed by atoms with van der Waals surface area (Å²) in [5, 5.41) is 0. The number of fused-ring (bicyclic) bond motifs is 8. The third-order valence-electron chi connectivity index (χ3n) is 13.8. The average molecular weight is 1240 g/mol. The normalized spacial score (nSPS) is 12.3. The van der Waals surface area contributed by atoms with Gasteiger partial charge in [0.25, 0.3) is 10.1 Å². The molecule has 0 fully saturated rings. The number of benzene rings is 5. The summed E-state index contributed by atoms with van der Waals surface area (Å²) in [4.78, 5) is 18.9. The van der Waals surface area contributed by atoms with E-state index in [0.717, 1.165) is 113 Å². The van der Waals surface area contributed by atoms with Gasteiger partial charge in [-0.25, -0.2) is 9.97 Å². The fourth-order valence-corrected chi connectivity index (χ4v) is 9.91. The Hall–Kier alpha value is -5.47. The van der Waals surface area contributed by atoms with Crippen molar-refractivity contribution in [2.24, 2.45) is 0 Å². The first kappa shape index (κ1) is 64.3. The fourth-order valence-electron chi connectivity index (χ4n) is 9.43. The van der Waals surface area contributed by atoms with E-state index in [1.165, 1.54) is 34.9 Å². The molecule has 5 aromatic carbocycles. The molecule has 0 spiro atoms. The molecule has 3 aromatic heterocycles. The van der Waals surface area contributed by atoms with Crippen LogP contribution in [0.2, 0.25) is 0 Å². The first-order chi connectivity index (χ1) is 35.2. The average Bonchev–Trinajstić information content (AvgIpc) is 4.20. The van der Waals surface area contributed by atoms with E-state index in [9.17, 15) is 8.42 Å². The summed E-state index contributed by atoms with van der Waals surface area (Å²) in [5.74, 6) is 0. The zero-order chi connectivity index (χ0) is 53.8. The van der Waals surface area contributed by atoms with Crippen LogP contribution < -0.4 is 17.9 Å². The summed E-state index contributed by atoms with van der Waals surface area (Å²) in [7, 11) is 22.4. The second-order valence-electron chi connectivity index (χ2n) is 23.0. The minimum Gasteiger partial charge on any atom is -0.354 e. The van der Waals surface area contributed by atoms with Crippen molar-refractivity contribution in [2.75, 3.05) is 84.6 Å². The second kappa shape index (κ2) is 24.7. The first-order valence-electron chi connectivity index (χ1n) is 25.1. The van der Waals surface area contributed by atoms with Crippen molar-refractivity contribution in [3.05, 3.63) is 174 Å². The molecule has 0 saturated heterocycles. The quantitative estimate of drug-likeness (QED) is 0.0757. The molecule has 0 radical (unpaired) electrons. The first-order valence-corrected chi connectivity index (χ1v) is 26.6. The topological polar surface area (TPSA) is 112 Å². The number of hydrogen-bond acceptors (Lipinski definition) is 4. The molecular formula is C63H70Fe4N8O3S+12. The maximum Gasteiger partial charge on any atom is 2.00 e. The molecule has 8 aromatic rings. The number of nitrogens with zero attached hydrogens (tertiary/aromatic N) is 6. The van der Waals surface area contributed by atoms with Gasteiger partial charge in [0.15, 0.2) is 0 Å². The number of rotatable bonds is 9. The molecule has 79 heavy (non-hydrogen) atoms. The molecule has 2 aliphatic heterocycles. The number of quaternary nitrogens is 4. The van der Waals surface area contributed by atoms with Gasteiger partial charge in [-0.05, 0) is 187 Å². The summed E-state index contributed by atoms with van der Waals surface area (Å²) in [6, 6.07) is 50.5. The molecule has 0 aliphatic carbocycles. The van der Waals surface area contributed by atoms with Crippen molar-refractivity contribution in [2.45, 2.75) is 11.8 Å². The molecule has 2 aliphatic rings. The van der Waals surface area contributed by atoms with E-state index >= 15 is 0 Å². The van der Waals surface area contributed by atoms with E-state index in [1.807, 2.05) is 6.92 Å². The van der Waals surface area contributed by atoms with Crippen molar-refractivity contribution >= 4 is 79.2 Å². The van der Waals surface area contributed by atoms with Crippen LogP contribution in [0, 0.1) is 6.92 Å². The molecule has 0 unspecified atom stereocenters. The summed E-state index contributed by atoms with van der Waals surface area (Å²) in [6.45, 7) is 1.84. The predicted octanol–water partition coefficient (Wildman–Crippen LogP) is 13.3. The molecule has 0 atom stereocenters. The standard InChI is InChI=1S/C56H62N8.C7H8O3S.4Fe/c1-61(2,3)41-21-13-37(14-22-41)53-45-29-31-47(57-45)54(38-15-23-42(24-16-38)62(4,5)6)49-33-35-51(59-49)56(40-19-27-44(28-20-40)64(10,11)12)52-36-34-50(60-52)55(48-32-30-46(53)58-48)39-17-25-43(26-18-39)63(7,8)9;1-6-2-4-7(5-3-6)11(8,9)10;;;;/h13-36,57,60H,1-12H3;2-5H,1H3,(H,8,9,10);;;;/q+4;;4*+2. The van der Waals surface area contributed by atoms with Crippen LogP contribution in [0.1, 0.15) is 28.3 Å². The Morgan fingerprint density at radius 3 is 0.747 bits per heavy atom. The van der Waals surface area contributed by atoms with Gasteiger partial charge in [0.1, 0.15) is 22.7 Å². The smallest absolute Gasteiger partial charge is 0.354 e. The molecule has 11 nitrogen and oxygen atoms in total. The number of aromatic nitrogens is 4. The maximum atomic E-state index is 10.5. The molecule has 3 N–H and O–H groups in total. The monoisotopic (exact) mass is 1240 g/mol. The summed E-state index contributed by atoms with van der Waals surface area (Å²) < 4.78 is 32.5. The van der Waals surface area contributed by atoms with E-state index in [1.54, 1.807) is 12.1 Å². The molecule has 0 saturated carbocycles. The largest absolute Gasteiger partial charge is 2.00 e. The molecule has 16 heteroatoms. The zero-order valence-electron chi connectivity index (χ0n) is 46.9. The van der Waals surface area contributed by atoms with Crippen LogP contribution in [0.4, 0.5) is 22.7 Å². The molecule has 406 valence electrons. The van der Waals surface area contributed by atoms with E-state index in [2.05, 4.69) is 240 Å². The SMILES string of the molecule is C[N+](C)(C)c1ccc(-c2c3nc(c(-c4ccc([N+](C)(C)C)cc4)c4ccc([nH]4)c(-c4ccc([N+](C)(C)C)cc4)c4nc(c(-c5ccc([N+](C)(C)C)cc5)c5ccc2[nH]5)C=C4)C=C3)cc1.Cc1ccc(S(=O)(=O)O)cc1.[Fe+2].[Fe+2].[Fe+2].[Fe+2]. The molecule has 0 amide bonds. The Bertz CT molecular complexity index is 3390. The van der Waals surface area contributed by atoms with E-state index < -0.39 is 10.1 Å². The van der Waals surface area contributed by atoms with Crippen LogP contribution in [-0.4, -0.2) is 117 Å². The van der Waals surface area contributed by atoms with Crippen LogP contribution in [0.5, 0.6) is 0 Å². The minimum atomic E-state index is -4.02. The Kier molecular flexibility index (Phi) is 20.1. The Morgan fingerprint density at radius 2 is 0.557 bits per heavy atom. The number of aromatic amines is 2. The van der Waals surface area contributed by atoms with Gasteiger partial charge < -0.3 is 9.97 Å². The number of H-pyrrole nitrogens is 2. The van der Waals surface area contributed by atoms with Gasteiger partial charge >= 0.3 is 68.3 Å². The van der Waals surface area contributed by atoms with Crippen LogP contribution in [0.15, 0.2) is 150 Å². The van der Waals surface area contributed by atoms with E-state index in [-0.39, 0.29) is 73.2 Å². The van der Waals surface area contributed by atoms with Crippen LogP contribution in [-0.2, 0) is 78.4 Å².